The average Bonchev–Trinajstić information content (AvgIpc) is 1.81. The molecule has 0 rings (SSSR count). The molecule has 1 atom stereocenters. The van der Waals surface area contributed by atoms with Gasteiger partial charge < -0.3 is 6.15 Å². The summed E-state index contributed by atoms with van der Waals surface area (Å²) in [6.07, 6.45) is 1.69. The van der Waals surface area contributed by atoms with Crippen molar-refractivity contribution in [3.05, 3.63) is 0 Å². The third-order valence-electron chi connectivity index (χ3n) is 0. The van der Waals surface area contributed by atoms with Crippen LogP contribution in [-0.2, 0) is 22.4 Å². The fraction of sp³-hybridized carbons (Fsp3) is 1.00. The molecular formula is C5H29ClF2NPS3. The monoisotopic (exact) mass is 304 g/mol. The maximum atomic E-state index is 8.75. The Morgan fingerprint density at radius 2 is 0.923 bits per heavy atom. The molecule has 3 N–H and O–H groups in total. The van der Waals surface area contributed by atoms with Gasteiger partial charge in [-0.05, 0) is 6.26 Å². The minimum atomic E-state index is 0. The van der Waals surface area contributed by atoms with Gasteiger partial charge in [0.05, 0.1) is 0 Å². The first-order valence-electron chi connectivity index (χ1n) is 0.992. The molecule has 0 aliphatic heterocycles. The molecule has 0 aromatic rings. The van der Waals surface area contributed by atoms with Crippen LogP contribution in [0.2, 0.25) is 0 Å². The zero-order valence-corrected chi connectivity index (χ0v) is 9.63. The molecule has 8 heteroatoms. The van der Waals surface area contributed by atoms with Crippen LogP contribution in [0, 0.1) is 0 Å². The number of thiol groups is 1. The largest absolute Gasteiger partial charge is 0.344 e. The summed E-state index contributed by atoms with van der Waals surface area (Å²) in [6.45, 7) is 0. The zero-order chi connectivity index (χ0) is 6.00. The summed E-state index contributed by atoms with van der Waals surface area (Å²) in [5.41, 5.74) is 0. The number of rotatable bonds is 0. The van der Waals surface area contributed by atoms with Crippen LogP contribution in [0.5, 0.6) is 0 Å². The summed E-state index contributed by atoms with van der Waals surface area (Å²) in [5, 5.41) is 0. The first-order chi connectivity index (χ1) is 3.00. The molecule has 0 saturated heterocycles. The molecule has 1 unspecified atom stereocenters. The number of hydrogen-bond donors (Lipinski definition) is 2. The normalized spacial score (nSPS) is 1.31. The van der Waals surface area contributed by atoms with Gasteiger partial charge in [-0.1, -0.05) is 29.7 Å². The van der Waals surface area contributed by atoms with Crippen LogP contribution in [-0.4, -0.2) is 7.71 Å². The predicted octanol–water partition coefficient (Wildman–Crippen LogP) is 4.03. The van der Waals surface area contributed by atoms with E-state index in [1.165, 1.54) is 0 Å². The van der Waals surface area contributed by atoms with Gasteiger partial charge in [0.2, 0.25) is 0 Å². The summed E-state index contributed by atoms with van der Waals surface area (Å²) in [6, 6.07) is 0. The van der Waals surface area contributed by atoms with E-state index in [2.05, 4.69) is 36.5 Å². The summed E-state index contributed by atoms with van der Waals surface area (Å²) in [7, 11) is 0. The lowest BCUT2D eigenvalue weighted by Gasteiger charge is -1.11. The topological polar surface area (TPSA) is 35.0 Å². The molecule has 0 aliphatic rings. The third-order valence-corrected chi connectivity index (χ3v) is 0. The van der Waals surface area contributed by atoms with Gasteiger partial charge in [0.1, 0.15) is 0 Å². The molecule has 0 radical (unpaired) electrons. The van der Waals surface area contributed by atoms with E-state index in [1.54, 1.807) is 6.26 Å². The lowest BCUT2D eigenvalue weighted by molar-refractivity contribution is 1.11. The van der Waals surface area contributed by atoms with E-state index in [0.717, 1.165) is 0 Å². The van der Waals surface area contributed by atoms with Gasteiger partial charge in [0.25, 0.3) is 1.45 Å². The van der Waals surface area contributed by atoms with Gasteiger partial charge in [0, 0.05) is 22.4 Å². The van der Waals surface area contributed by atoms with Gasteiger partial charge in [0.15, 0.2) is 0 Å². The highest BCUT2D eigenvalue weighted by Crippen LogP contribution is 1.31. The SMILES string of the molecule is C.C.C.C.CS.Cl.F.N.P.S=S.[2H]F. The Bertz CT molecular complexity index is 34.9. The van der Waals surface area contributed by atoms with Gasteiger partial charge in [-0.2, -0.15) is 22.5 Å². The van der Waals surface area contributed by atoms with Gasteiger partial charge in [-0.3, -0.25) is 9.42 Å². The summed E-state index contributed by atoms with van der Waals surface area (Å²) < 4.78 is 13.0. The molecule has 98 valence electrons. The molecule has 0 saturated carbocycles. The molecule has 0 heterocycles. The zero-order valence-electron chi connectivity index (χ0n) is 5.87. The van der Waals surface area contributed by atoms with Crippen LogP contribution in [0.1, 0.15) is 29.7 Å². The molecule has 0 aromatic heterocycles. The lowest BCUT2D eigenvalue weighted by atomic mass is 12.0. The second kappa shape index (κ2) is 1150. The highest BCUT2D eigenvalue weighted by molar-refractivity contribution is 8.07. The third kappa shape index (κ3) is 967. The minimum Gasteiger partial charge on any atom is -0.344 e. The van der Waals surface area contributed by atoms with E-state index in [-0.39, 0.29) is 62.9 Å². The van der Waals surface area contributed by atoms with Crippen molar-refractivity contribution in [1.82, 2.24) is 6.15 Å². The Hall–Kier alpha value is 1.33. The van der Waals surface area contributed by atoms with Crippen molar-refractivity contribution in [3.63, 3.8) is 0 Å². The molecule has 0 fully saturated rings. The van der Waals surface area contributed by atoms with Crippen molar-refractivity contribution in [2.24, 2.45) is 0 Å². The molecule has 13 heavy (non-hydrogen) atoms. The molecule has 0 aliphatic carbocycles. The van der Waals surface area contributed by atoms with E-state index in [9.17, 15) is 0 Å². The van der Waals surface area contributed by atoms with Crippen molar-refractivity contribution in [3.8, 4) is 0 Å². The second-order valence-corrected chi connectivity index (χ2v) is 0. The van der Waals surface area contributed by atoms with Crippen molar-refractivity contribution in [2.75, 3.05) is 6.26 Å². The van der Waals surface area contributed by atoms with Gasteiger partial charge >= 0.3 is 0 Å². The Kier molecular flexibility index (Phi) is 12000. The molecule has 1 nitrogen and oxygen atoms in total. The Labute approximate surface area is 110 Å². The Morgan fingerprint density at radius 1 is 0.923 bits per heavy atom. The van der Waals surface area contributed by atoms with E-state index in [4.69, 9.17) is 4.72 Å². The summed E-state index contributed by atoms with van der Waals surface area (Å²) in [5.74, 6) is 0. The van der Waals surface area contributed by atoms with Crippen molar-refractivity contribution in [1.29, 1.82) is 1.45 Å². The summed E-state index contributed by atoms with van der Waals surface area (Å²) in [4.78, 5) is 0. The standard InChI is InChI=1S/CH4S.4CH4.ClH.2FH.H3N.H3P.S2/c1-2;;;;;;;;;;1-2/h2H,1H3;4*1H4;3*1H;2*1H3;/i/hD. The smallest absolute Gasteiger partial charge is 0.269 e. The van der Waals surface area contributed by atoms with Crippen LogP contribution < -0.4 is 6.15 Å². The highest BCUT2D eigenvalue weighted by Gasteiger charge is 0.901. The fourth-order valence-corrected chi connectivity index (χ4v) is 0. The van der Waals surface area contributed by atoms with Crippen LogP contribution in [0.3, 0.4) is 0 Å². The average molecular weight is 305 g/mol. The Morgan fingerprint density at radius 3 is 0.923 bits per heavy atom. The number of hydrogen-bond acceptors (Lipinski definition) is 4. The molecule has 0 bridgehead atoms. The Balaban J connectivity index is -0.000000000833. The molecule has 0 spiro atoms. The van der Waals surface area contributed by atoms with Crippen LogP contribution >= 0.6 is 34.9 Å². The molecular weight excluding hydrogens is 275 g/mol. The van der Waals surface area contributed by atoms with E-state index in [1.807, 2.05) is 0 Å². The van der Waals surface area contributed by atoms with Crippen molar-refractivity contribution in [2.45, 2.75) is 29.7 Å². The highest BCUT2D eigenvalue weighted by atomic mass is 35.5. The van der Waals surface area contributed by atoms with E-state index >= 15 is 0 Å². The lowest BCUT2D eigenvalue weighted by Crippen LogP contribution is -0.865. The van der Waals surface area contributed by atoms with Crippen LogP contribution in [0.25, 0.3) is 0 Å². The van der Waals surface area contributed by atoms with E-state index in [0.29, 0.717) is 0 Å². The summed E-state index contributed by atoms with van der Waals surface area (Å²) >= 11 is 10.9. The second-order valence-electron chi connectivity index (χ2n) is 0. The number of halogens is 3. The van der Waals surface area contributed by atoms with Crippen LogP contribution in [0.4, 0.5) is 9.42 Å². The molecule has 0 aromatic carbocycles. The maximum Gasteiger partial charge on any atom is 0.269 e. The predicted molar refractivity (Wildman–Crippen MR) is 84.9 cm³/mol. The quantitative estimate of drug-likeness (QED) is 0.524. The minimum absolute atomic E-state index is 0. The maximum absolute atomic E-state index is 8.75. The van der Waals surface area contributed by atoms with Crippen molar-refractivity contribution >= 4 is 57.3 Å². The molecule has 0 amide bonds. The fourth-order valence-electron chi connectivity index (χ4n) is 0. The van der Waals surface area contributed by atoms with Crippen molar-refractivity contribution < 1.29 is 9.42 Å². The van der Waals surface area contributed by atoms with Crippen LogP contribution in [0.15, 0.2) is 0 Å². The van der Waals surface area contributed by atoms with E-state index < -0.39 is 0 Å². The first kappa shape index (κ1) is 136. The first-order valence-corrected chi connectivity index (χ1v) is 2.84. The van der Waals surface area contributed by atoms with Gasteiger partial charge in [-0.25, -0.2) is 0 Å². The van der Waals surface area contributed by atoms with Gasteiger partial charge in [-0.15, -0.1) is 12.4 Å².